The van der Waals surface area contributed by atoms with E-state index in [2.05, 4.69) is 53.2 Å². The van der Waals surface area contributed by atoms with Gasteiger partial charge < -0.3 is 4.98 Å². The smallest absolute Gasteiger partial charge is 0.138 e. The van der Waals surface area contributed by atoms with Crippen molar-refractivity contribution in [2.24, 2.45) is 0 Å². The monoisotopic (exact) mass is 486 g/mol. The van der Waals surface area contributed by atoms with Crippen molar-refractivity contribution in [2.45, 2.75) is 25.8 Å². The minimum atomic E-state index is 0.804. The molecule has 1 aliphatic heterocycles. The molecule has 1 aliphatic rings. The summed E-state index contributed by atoms with van der Waals surface area (Å²) in [6.07, 6.45) is 13.2. The molecular weight excluding hydrogens is 460 g/mol. The quantitative estimate of drug-likeness (QED) is 0.329. The second-order valence-electron chi connectivity index (χ2n) is 9.62. The Morgan fingerprint density at radius 2 is 1.76 bits per heavy atom. The number of likely N-dealkylation sites (tertiary alicyclic amines) is 1. The van der Waals surface area contributed by atoms with Crippen molar-refractivity contribution in [3.05, 3.63) is 79.0 Å². The second kappa shape index (κ2) is 9.22. The first kappa shape index (κ1) is 21.8. The molecule has 8 heteroatoms. The molecule has 0 spiro atoms. The van der Waals surface area contributed by atoms with Crippen LogP contribution in [0.15, 0.2) is 73.4 Å². The number of aromatic nitrogens is 7. The number of H-pyrrole nitrogens is 2. The Kier molecular flexibility index (Phi) is 5.44. The molecule has 2 N–H and O–H groups in total. The summed E-state index contributed by atoms with van der Waals surface area (Å²) in [6.45, 7) is 3.25. The molecule has 8 nitrogen and oxygen atoms in total. The third-order valence-corrected chi connectivity index (χ3v) is 7.12. The lowest BCUT2D eigenvalue weighted by atomic mass is 10.1. The van der Waals surface area contributed by atoms with Gasteiger partial charge in [0.25, 0.3) is 0 Å². The van der Waals surface area contributed by atoms with Crippen LogP contribution in [-0.4, -0.2) is 53.1 Å². The fourth-order valence-electron chi connectivity index (χ4n) is 5.27. The molecule has 0 saturated carbocycles. The van der Waals surface area contributed by atoms with E-state index in [9.17, 15) is 0 Å². The van der Waals surface area contributed by atoms with Crippen LogP contribution in [0.25, 0.3) is 55.8 Å². The number of nitrogens with one attached hydrogen (secondary N) is 2. The zero-order chi connectivity index (χ0) is 24.6. The molecule has 0 amide bonds. The highest BCUT2D eigenvalue weighted by molar-refractivity contribution is 5.99. The molecule has 1 fully saturated rings. The highest BCUT2D eigenvalue weighted by Gasteiger charge is 2.16. The first-order valence-corrected chi connectivity index (χ1v) is 12.7. The highest BCUT2D eigenvalue weighted by atomic mass is 15.1. The van der Waals surface area contributed by atoms with Gasteiger partial charge in [0, 0.05) is 53.2 Å². The van der Waals surface area contributed by atoms with Crippen LogP contribution in [0, 0.1) is 0 Å². The van der Waals surface area contributed by atoms with Crippen LogP contribution in [0.4, 0.5) is 0 Å². The third-order valence-electron chi connectivity index (χ3n) is 7.12. The van der Waals surface area contributed by atoms with E-state index in [0.29, 0.717) is 0 Å². The predicted octanol–water partition coefficient (Wildman–Crippen LogP) is 5.61. The van der Waals surface area contributed by atoms with E-state index < -0.39 is 0 Å². The number of nitrogens with zero attached hydrogens (tertiary/aromatic N) is 6. The predicted molar refractivity (Wildman–Crippen MR) is 145 cm³/mol. The maximum absolute atomic E-state index is 4.71. The third kappa shape index (κ3) is 4.15. The van der Waals surface area contributed by atoms with Crippen LogP contribution in [0.3, 0.4) is 0 Å². The van der Waals surface area contributed by atoms with Crippen LogP contribution < -0.4 is 0 Å². The summed E-state index contributed by atoms with van der Waals surface area (Å²) in [5, 5.41) is 9.77. The normalized spacial score (nSPS) is 14.5. The number of fused-ring (bicyclic) bond motifs is 2. The molecule has 0 radical (unpaired) electrons. The van der Waals surface area contributed by atoms with Crippen LogP contribution in [0.2, 0.25) is 0 Å². The van der Waals surface area contributed by atoms with E-state index >= 15 is 0 Å². The van der Waals surface area contributed by atoms with E-state index in [-0.39, 0.29) is 0 Å². The summed E-state index contributed by atoms with van der Waals surface area (Å²) in [5.74, 6) is 0. The van der Waals surface area contributed by atoms with E-state index in [4.69, 9.17) is 4.98 Å². The van der Waals surface area contributed by atoms with Crippen molar-refractivity contribution in [3.63, 3.8) is 0 Å². The van der Waals surface area contributed by atoms with Gasteiger partial charge in [0.1, 0.15) is 11.3 Å². The summed E-state index contributed by atoms with van der Waals surface area (Å²) < 4.78 is 0. The number of pyridine rings is 4. The van der Waals surface area contributed by atoms with E-state index in [0.717, 1.165) is 75.5 Å². The average molecular weight is 487 g/mol. The van der Waals surface area contributed by atoms with Gasteiger partial charge in [0.2, 0.25) is 0 Å². The van der Waals surface area contributed by atoms with Gasteiger partial charge in [-0.3, -0.25) is 25.0 Å². The van der Waals surface area contributed by atoms with Crippen molar-refractivity contribution < 1.29 is 0 Å². The number of piperidine rings is 1. The number of hydrogen-bond acceptors (Lipinski definition) is 6. The van der Waals surface area contributed by atoms with Crippen LogP contribution in [0.1, 0.15) is 24.8 Å². The molecule has 0 atom stereocenters. The van der Waals surface area contributed by atoms with Gasteiger partial charge in [0.05, 0.1) is 28.8 Å². The van der Waals surface area contributed by atoms with Crippen LogP contribution in [-0.2, 0) is 6.54 Å². The Bertz CT molecular complexity index is 1700. The van der Waals surface area contributed by atoms with Gasteiger partial charge in [-0.25, -0.2) is 4.98 Å². The molecule has 0 aliphatic carbocycles. The average Bonchev–Trinajstić information content (AvgIpc) is 3.58. The number of hydrogen-bond donors (Lipinski definition) is 2. The summed E-state index contributed by atoms with van der Waals surface area (Å²) in [4.78, 5) is 24.3. The zero-order valence-corrected chi connectivity index (χ0v) is 20.4. The van der Waals surface area contributed by atoms with Gasteiger partial charge in [0.15, 0.2) is 0 Å². The maximum atomic E-state index is 4.71. The molecule has 37 heavy (non-hydrogen) atoms. The lowest BCUT2D eigenvalue weighted by molar-refractivity contribution is 0.220. The number of rotatable bonds is 5. The Labute approximate surface area is 213 Å². The zero-order valence-electron chi connectivity index (χ0n) is 20.4. The molecule has 0 unspecified atom stereocenters. The van der Waals surface area contributed by atoms with E-state index in [1.807, 2.05) is 42.9 Å². The van der Waals surface area contributed by atoms with Gasteiger partial charge in [-0.05, 0) is 67.9 Å². The Balaban J connectivity index is 1.26. The lowest BCUT2D eigenvalue weighted by Crippen LogP contribution is -2.29. The summed E-state index contributed by atoms with van der Waals surface area (Å²) in [6, 6.07) is 14.3. The molecule has 7 rings (SSSR count). The van der Waals surface area contributed by atoms with Gasteiger partial charge >= 0.3 is 0 Å². The molecule has 6 aromatic heterocycles. The summed E-state index contributed by atoms with van der Waals surface area (Å²) in [7, 11) is 0. The van der Waals surface area contributed by atoms with Crippen molar-refractivity contribution in [2.75, 3.05) is 13.1 Å². The minimum Gasteiger partial charge on any atom is -0.338 e. The molecular formula is C29H26N8. The fraction of sp³-hybridized carbons (Fsp3) is 0.207. The van der Waals surface area contributed by atoms with Crippen molar-refractivity contribution in [1.82, 2.24) is 40.0 Å². The molecule has 0 aromatic carbocycles. The standard InChI is InChI=1S/C29H26N8/c1-4-10-37(11-5-1)18-19-12-20(16-30-15-19)25-14-23-27(17-33-25)35-36-28(23)26-13-22-21(7-9-32-29(22)34-26)24-6-2-3-8-31-24/h2-3,6-9,12-17H,1,4-5,10-11,18H2,(H,32,34)(H,35,36). The van der Waals surface area contributed by atoms with Crippen LogP contribution >= 0.6 is 0 Å². The largest absolute Gasteiger partial charge is 0.338 e. The fourth-order valence-corrected chi connectivity index (χ4v) is 5.27. The Morgan fingerprint density at radius 1 is 0.811 bits per heavy atom. The topological polar surface area (TPSA) is 99.3 Å². The first-order chi connectivity index (χ1) is 18.3. The molecule has 0 bridgehead atoms. The number of aromatic amines is 2. The maximum Gasteiger partial charge on any atom is 0.138 e. The lowest BCUT2D eigenvalue weighted by Gasteiger charge is -2.26. The Hall–Kier alpha value is -4.43. The SMILES string of the molecule is c1ccc(-c2ccnc3[nH]c(-c4n[nH]c5cnc(-c6cncc(CN7CCCCC7)c6)cc45)cc23)nc1. The first-order valence-electron chi connectivity index (χ1n) is 12.7. The summed E-state index contributed by atoms with van der Waals surface area (Å²) in [5.41, 5.74) is 8.48. The van der Waals surface area contributed by atoms with Crippen molar-refractivity contribution in [1.29, 1.82) is 0 Å². The van der Waals surface area contributed by atoms with Crippen molar-refractivity contribution in [3.8, 4) is 33.9 Å². The second-order valence-corrected chi connectivity index (χ2v) is 9.62. The van der Waals surface area contributed by atoms with E-state index in [1.165, 1.54) is 24.8 Å². The van der Waals surface area contributed by atoms with Crippen molar-refractivity contribution >= 4 is 21.9 Å². The molecule has 7 heterocycles. The highest BCUT2D eigenvalue weighted by Crippen LogP contribution is 2.33. The Morgan fingerprint density at radius 3 is 2.65 bits per heavy atom. The minimum absolute atomic E-state index is 0.804. The molecule has 1 saturated heterocycles. The summed E-state index contributed by atoms with van der Waals surface area (Å²) >= 11 is 0. The molecule has 6 aromatic rings. The van der Waals surface area contributed by atoms with Crippen LogP contribution in [0.5, 0.6) is 0 Å². The molecule has 182 valence electrons. The van der Waals surface area contributed by atoms with Gasteiger partial charge in [-0.2, -0.15) is 5.10 Å². The van der Waals surface area contributed by atoms with Gasteiger partial charge in [-0.1, -0.05) is 12.5 Å². The van der Waals surface area contributed by atoms with E-state index in [1.54, 1.807) is 12.4 Å². The van der Waals surface area contributed by atoms with Gasteiger partial charge in [-0.15, -0.1) is 0 Å².